The van der Waals surface area contributed by atoms with Gasteiger partial charge in [-0.1, -0.05) is 18.2 Å². The molecule has 0 bridgehead atoms. The van der Waals surface area contributed by atoms with Crippen molar-refractivity contribution in [1.82, 2.24) is 20.1 Å². The molecule has 3 aromatic rings. The summed E-state index contributed by atoms with van der Waals surface area (Å²) in [6, 6.07) is 13.2. The van der Waals surface area contributed by atoms with Crippen LogP contribution in [0.5, 0.6) is 0 Å². The third-order valence-corrected chi connectivity index (χ3v) is 5.27. The first kappa shape index (κ1) is 18.7. The van der Waals surface area contributed by atoms with Crippen molar-refractivity contribution in [3.63, 3.8) is 0 Å². The zero-order valence-electron chi connectivity index (χ0n) is 16.2. The number of furan rings is 1. The van der Waals surface area contributed by atoms with Gasteiger partial charge in [-0.15, -0.1) is 0 Å². The number of piperazine rings is 1. The van der Waals surface area contributed by atoms with Gasteiger partial charge >= 0.3 is 0 Å². The van der Waals surface area contributed by atoms with Gasteiger partial charge in [0, 0.05) is 38.1 Å². The van der Waals surface area contributed by atoms with Gasteiger partial charge in [-0.05, 0) is 44.3 Å². The van der Waals surface area contributed by atoms with Gasteiger partial charge in [0.1, 0.15) is 5.69 Å². The highest BCUT2D eigenvalue weighted by atomic mass is 16.3. The lowest BCUT2D eigenvalue weighted by Crippen LogP contribution is -2.45. The van der Waals surface area contributed by atoms with Crippen molar-refractivity contribution in [2.24, 2.45) is 0 Å². The molecule has 1 N–H and O–H groups in total. The van der Waals surface area contributed by atoms with Crippen LogP contribution >= 0.6 is 0 Å². The molecule has 0 unspecified atom stereocenters. The van der Waals surface area contributed by atoms with Crippen molar-refractivity contribution in [2.45, 2.75) is 6.42 Å². The van der Waals surface area contributed by atoms with E-state index >= 15 is 0 Å². The van der Waals surface area contributed by atoms with Crippen molar-refractivity contribution < 1.29 is 9.21 Å². The minimum absolute atomic E-state index is 0.0650. The Bertz CT molecular complexity index is 931. The Hall–Kier alpha value is -2.70. The number of aromatic nitrogens is 1. The summed E-state index contributed by atoms with van der Waals surface area (Å²) in [5, 5.41) is 3.93. The van der Waals surface area contributed by atoms with Crippen LogP contribution in [0.1, 0.15) is 16.8 Å². The largest absolute Gasteiger partial charge is 0.463 e. The molecule has 0 radical (unpaired) electrons. The van der Waals surface area contributed by atoms with E-state index in [0.29, 0.717) is 23.6 Å². The summed E-state index contributed by atoms with van der Waals surface area (Å²) in [6.45, 7) is 6.12. The zero-order chi connectivity index (χ0) is 19.3. The van der Waals surface area contributed by atoms with Crippen LogP contribution in [-0.2, 0) is 0 Å². The van der Waals surface area contributed by atoms with Crippen molar-refractivity contribution >= 4 is 16.8 Å². The van der Waals surface area contributed by atoms with E-state index < -0.39 is 0 Å². The number of nitrogens with zero attached hydrogens (tertiary/aromatic N) is 3. The molecule has 146 valence electrons. The molecule has 0 saturated carbocycles. The zero-order valence-corrected chi connectivity index (χ0v) is 16.2. The van der Waals surface area contributed by atoms with Crippen molar-refractivity contribution in [3.8, 4) is 11.5 Å². The number of amides is 1. The van der Waals surface area contributed by atoms with Crippen LogP contribution in [-0.4, -0.2) is 67.0 Å². The summed E-state index contributed by atoms with van der Waals surface area (Å²) in [5.41, 5.74) is 2.10. The van der Waals surface area contributed by atoms with E-state index in [4.69, 9.17) is 4.42 Å². The van der Waals surface area contributed by atoms with E-state index in [1.165, 1.54) is 0 Å². The standard InChI is InChI=1S/C22H26N4O2/c1-25-11-13-26(14-12-25)10-5-9-23-22(27)18-16-20(21-8-4-15-28-21)24-19-7-3-2-6-17(18)19/h2-4,6-8,15-16H,5,9-14H2,1H3,(H,23,27). The van der Waals surface area contributed by atoms with E-state index in [1.54, 1.807) is 6.26 Å². The molecule has 3 heterocycles. The van der Waals surface area contributed by atoms with E-state index in [-0.39, 0.29) is 5.91 Å². The fourth-order valence-corrected chi connectivity index (χ4v) is 3.59. The topological polar surface area (TPSA) is 61.6 Å². The molecule has 0 spiro atoms. The third-order valence-electron chi connectivity index (χ3n) is 5.27. The molecule has 2 aromatic heterocycles. The third kappa shape index (κ3) is 4.24. The minimum atomic E-state index is -0.0650. The molecule has 28 heavy (non-hydrogen) atoms. The summed E-state index contributed by atoms with van der Waals surface area (Å²) >= 11 is 0. The maximum absolute atomic E-state index is 12.9. The molecule has 1 fully saturated rings. The van der Waals surface area contributed by atoms with Gasteiger partial charge in [0.15, 0.2) is 5.76 Å². The van der Waals surface area contributed by atoms with Crippen LogP contribution in [0.4, 0.5) is 0 Å². The van der Waals surface area contributed by atoms with E-state index in [1.807, 2.05) is 42.5 Å². The molecule has 1 aromatic carbocycles. The maximum Gasteiger partial charge on any atom is 0.252 e. The summed E-state index contributed by atoms with van der Waals surface area (Å²) in [5.74, 6) is 0.597. The van der Waals surface area contributed by atoms with Crippen LogP contribution in [0.3, 0.4) is 0 Å². The number of nitrogens with one attached hydrogen (secondary N) is 1. The van der Waals surface area contributed by atoms with Gasteiger partial charge in [0.05, 0.1) is 17.3 Å². The fraction of sp³-hybridized carbons (Fsp3) is 0.364. The SMILES string of the molecule is CN1CCN(CCCNC(=O)c2cc(-c3ccco3)nc3ccccc23)CC1. The summed E-state index contributed by atoms with van der Waals surface area (Å²) < 4.78 is 5.47. The molecular formula is C22H26N4O2. The Kier molecular flexibility index (Phi) is 5.69. The van der Waals surface area contributed by atoms with Gasteiger partial charge < -0.3 is 19.5 Å². The lowest BCUT2D eigenvalue weighted by molar-refractivity contribution is 0.0951. The van der Waals surface area contributed by atoms with Gasteiger partial charge in [-0.25, -0.2) is 4.98 Å². The molecule has 6 nitrogen and oxygen atoms in total. The van der Waals surface area contributed by atoms with Crippen LogP contribution in [0, 0.1) is 0 Å². The Morgan fingerprint density at radius 2 is 1.96 bits per heavy atom. The summed E-state index contributed by atoms with van der Waals surface area (Å²) in [6.07, 6.45) is 2.56. The lowest BCUT2D eigenvalue weighted by Gasteiger charge is -2.32. The van der Waals surface area contributed by atoms with Crippen LogP contribution in [0.25, 0.3) is 22.4 Å². The minimum Gasteiger partial charge on any atom is -0.463 e. The highest BCUT2D eigenvalue weighted by molar-refractivity contribution is 6.07. The number of hydrogen-bond donors (Lipinski definition) is 1. The first-order chi connectivity index (χ1) is 13.7. The Labute approximate surface area is 165 Å². The summed E-state index contributed by atoms with van der Waals surface area (Å²) in [7, 11) is 2.16. The van der Waals surface area contributed by atoms with Crippen molar-refractivity contribution in [2.75, 3.05) is 46.3 Å². The molecule has 0 atom stereocenters. The number of benzene rings is 1. The quantitative estimate of drug-likeness (QED) is 0.669. The second kappa shape index (κ2) is 8.54. The molecular weight excluding hydrogens is 352 g/mol. The maximum atomic E-state index is 12.9. The molecule has 6 heteroatoms. The first-order valence-corrected chi connectivity index (χ1v) is 9.83. The van der Waals surface area contributed by atoms with Crippen LogP contribution in [0.2, 0.25) is 0 Å². The number of carbonyl (C=O) groups is 1. The molecule has 0 aliphatic carbocycles. The smallest absolute Gasteiger partial charge is 0.252 e. The predicted molar refractivity (Wildman–Crippen MR) is 110 cm³/mol. The Balaban J connectivity index is 1.43. The Morgan fingerprint density at radius 1 is 1.14 bits per heavy atom. The van der Waals surface area contributed by atoms with Crippen LogP contribution < -0.4 is 5.32 Å². The van der Waals surface area contributed by atoms with Crippen LogP contribution in [0.15, 0.2) is 53.1 Å². The van der Waals surface area contributed by atoms with E-state index in [0.717, 1.165) is 50.0 Å². The number of hydrogen-bond acceptors (Lipinski definition) is 5. The average molecular weight is 378 g/mol. The fourth-order valence-electron chi connectivity index (χ4n) is 3.59. The summed E-state index contributed by atoms with van der Waals surface area (Å²) in [4.78, 5) is 22.3. The highest BCUT2D eigenvalue weighted by Crippen LogP contribution is 2.25. The number of pyridine rings is 1. The van der Waals surface area contributed by atoms with E-state index in [9.17, 15) is 4.79 Å². The molecule has 1 amide bonds. The monoisotopic (exact) mass is 378 g/mol. The predicted octanol–water partition coefficient (Wildman–Crippen LogP) is 2.86. The van der Waals surface area contributed by atoms with Crippen molar-refractivity contribution in [3.05, 3.63) is 54.3 Å². The molecule has 1 aliphatic rings. The number of rotatable bonds is 6. The number of fused-ring (bicyclic) bond motifs is 1. The van der Waals surface area contributed by atoms with E-state index in [2.05, 4.69) is 27.1 Å². The van der Waals surface area contributed by atoms with Gasteiger partial charge in [-0.2, -0.15) is 0 Å². The van der Waals surface area contributed by atoms with Crippen molar-refractivity contribution in [1.29, 1.82) is 0 Å². The number of carbonyl (C=O) groups excluding carboxylic acids is 1. The Morgan fingerprint density at radius 3 is 2.75 bits per heavy atom. The molecule has 1 saturated heterocycles. The highest BCUT2D eigenvalue weighted by Gasteiger charge is 2.16. The van der Waals surface area contributed by atoms with Gasteiger partial charge in [0.25, 0.3) is 5.91 Å². The van der Waals surface area contributed by atoms with Gasteiger partial charge in [-0.3, -0.25) is 4.79 Å². The first-order valence-electron chi connectivity index (χ1n) is 9.83. The average Bonchev–Trinajstić information content (AvgIpc) is 3.26. The molecule has 1 aliphatic heterocycles. The van der Waals surface area contributed by atoms with Gasteiger partial charge in [0.2, 0.25) is 0 Å². The normalized spacial score (nSPS) is 15.8. The number of likely N-dealkylation sites (N-methyl/N-ethyl adjacent to an activating group) is 1. The second-order valence-electron chi connectivity index (χ2n) is 7.30. The lowest BCUT2D eigenvalue weighted by atomic mass is 10.1. The second-order valence-corrected chi connectivity index (χ2v) is 7.30. The molecule has 4 rings (SSSR count). The number of para-hydroxylation sites is 1.